The van der Waals surface area contributed by atoms with Crippen LogP contribution >= 0.6 is 113 Å². The smallest absolute Gasteiger partial charge is 0.159 e. The molecule has 182 valence electrons. The number of hydrogen-bond acceptors (Lipinski definition) is 4. The number of benzene rings is 3. The molecule has 0 unspecified atom stereocenters. The van der Waals surface area contributed by atoms with Crippen molar-refractivity contribution in [3.05, 3.63) is 90.8 Å². The average Bonchev–Trinajstić information content (AvgIpc) is 2.76. The van der Waals surface area contributed by atoms with Gasteiger partial charge in [-0.15, -0.1) is 34.0 Å². The van der Waals surface area contributed by atoms with Crippen LogP contribution in [0.5, 0.6) is 0 Å². The summed E-state index contributed by atoms with van der Waals surface area (Å²) in [5, 5.41) is 1.92. The van der Waals surface area contributed by atoms with Crippen LogP contribution < -0.4 is 11.5 Å². The molecule has 0 aromatic heterocycles. The molecule has 3 aromatic carbocycles. The van der Waals surface area contributed by atoms with Gasteiger partial charge in [-0.3, -0.25) is 0 Å². The molecule has 0 spiro atoms. The van der Waals surface area contributed by atoms with Crippen LogP contribution in [0.1, 0.15) is 11.1 Å². The lowest BCUT2D eigenvalue weighted by atomic mass is 10.1. The lowest BCUT2D eigenvalue weighted by Crippen LogP contribution is -2.08. The molecule has 0 aliphatic carbocycles. The maximum absolute atomic E-state index is 6.26. The van der Waals surface area contributed by atoms with E-state index in [0.29, 0.717) is 31.9 Å². The van der Waals surface area contributed by atoms with Crippen LogP contribution in [-0.4, -0.2) is 10.3 Å². The molecule has 0 fully saturated rings. The topological polar surface area (TPSA) is 76.8 Å². The zero-order chi connectivity index (χ0) is 23.1. The van der Waals surface area contributed by atoms with E-state index in [2.05, 4.69) is 41.8 Å². The minimum Gasteiger partial charge on any atom is -0.378 e. The van der Waals surface area contributed by atoms with Gasteiger partial charge < -0.3 is 11.5 Å². The Morgan fingerprint density at radius 2 is 1.00 bits per heavy atom. The predicted octanol–water partition coefficient (Wildman–Crippen LogP) is 9.43. The monoisotopic (exact) mass is 790 g/mol. The van der Waals surface area contributed by atoms with E-state index in [9.17, 15) is 0 Å². The highest BCUT2D eigenvalue weighted by atomic mass is 79.9. The maximum atomic E-state index is 6.26. The van der Waals surface area contributed by atoms with Gasteiger partial charge in [-0.05, 0) is 71.8 Å². The summed E-state index contributed by atoms with van der Waals surface area (Å²) in [4.78, 5) is 8.88. The van der Waals surface area contributed by atoms with Crippen LogP contribution in [0.2, 0.25) is 10.0 Å². The van der Waals surface area contributed by atoms with E-state index in [1.807, 2.05) is 60.7 Å². The molecule has 34 heavy (non-hydrogen) atoms. The van der Waals surface area contributed by atoms with E-state index in [1.54, 1.807) is 0 Å². The third-order valence-electron chi connectivity index (χ3n) is 4.13. The van der Waals surface area contributed by atoms with Crippen molar-refractivity contribution in [2.45, 2.75) is 11.5 Å². The van der Waals surface area contributed by atoms with Crippen molar-refractivity contribution in [1.82, 2.24) is 0 Å². The van der Waals surface area contributed by atoms with Crippen LogP contribution in [0, 0.1) is 0 Å². The number of hydrogen-bond donors (Lipinski definition) is 2. The molecule has 0 amide bonds. The molecule has 12 heteroatoms. The normalized spacial score (nSPS) is 11.5. The number of aliphatic imine (C=N–C) groups is 2. The first-order chi connectivity index (χ1) is 15.3. The first-order valence-corrected chi connectivity index (χ1v) is 13.5. The third kappa shape index (κ3) is 10.4. The average molecular weight is 795 g/mol. The molecule has 0 atom stereocenters. The zero-order valence-corrected chi connectivity index (χ0v) is 27.1. The number of nitrogens with two attached hydrogens (primary N) is 2. The van der Waals surface area contributed by atoms with Crippen molar-refractivity contribution in [3.63, 3.8) is 0 Å². The minimum absolute atomic E-state index is 0. The summed E-state index contributed by atoms with van der Waals surface area (Å²) in [6, 6.07) is 19.0. The Balaban J connectivity index is 0.00000289. The number of amidine groups is 2. The van der Waals surface area contributed by atoms with E-state index in [1.165, 1.54) is 23.5 Å². The molecule has 3 aromatic rings. The van der Waals surface area contributed by atoms with Gasteiger partial charge in [0.05, 0.1) is 21.4 Å². The van der Waals surface area contributed by atoms with Crippen molar-refractivity contribution in [1.29, 1.82) is 0 Å². The summed E-state index contributed by atoms with van der Waals surface area (Å²) in [5.74, 6) is 1.20. The minimum atomic E-state index is 0. The standard InChI is InChI=1S/C22H18Br2Cl2N4S2.2BrH/c23-15-1-5-17(6-2-15)29-21(27)31-11-13-9-19(25)20(26)10-14(13)12-32-22(28)30-18-7-3-16(24)4-8-18;;/h1-10H,11-12H2,(H2,27,29)(H2,28,30);2*1H. The van der Waals surface area contributed by atoms with Crippen molar-refractivity contribution >= 4 is 134 Å². The molecule has 0 saturated heterocycles. The van der Waals surface area contributed by atoms with E-state index in [0.717, 1.165) is 31.4 Å². The molecule has 0 aliphatic rings. The third-order valence-corrected chi connectivity index (χ3v) is 7.59. The molecule has 0 aliphatic heterocycles. The van der Waals surface area contributed by atoms with Gasteiger partial charge in [0, 0.05) is 20.5 Å². The highest BCUT2D eigenvalue weighted by Gasteiger charge is 2.10. The van der Waals surface area contributed by atoms with Crippen LogP contribution in [-0.2, 0) is 11.5 Å². The second kappa shape index (κ2) is 15.8. The number of nitrogens with zero attached hydrogens (tertiary/aromatic N) is 2. The lowest BCUT2D eigenvalue weighted by Gasteiger charge is -2.11. The highest BCUT2D eigenvalue weighted by Crippen LogP contribution is 2.31. The fraction of sp³-hybridized carbons (Fsp3) is 0.0909. The van der Waals surface area contributed by atoms with Gasteiger partial charge in [0.2, 0.25) is 0 Å². The summed E-state index contributed by atoms with van der Waals surface area (Å²) >= 11 is 22.2. The van der Waals surface area contributed by atoms with Crippen molar-refractivity contribution in [2.24, 2.45) is 21.5 Å². The van der Waals surface area contributed by atoms with Crippen molar-refractivity contribution < 1.29 is 0 Å². The molecule has 4 nitrogen and oxygen atoms in total. The Hall–Kier alpha value is -0.200. The summed E-state index contributed by atoms with van der Waals surface area (Å²) in [7, 11) is 0. The highest BCUT2D eigenvalue weighted by molar-refractivity contribution is 9.10. The molecular weight excluding hydrogens is 775 g/mol. The molecule has 4 N–H and O–H groups in total. The lowest BCUT2D eigenvalue weighted by molar-refractivity contribution is 1.29. The van der Waals surface area contributed by atoms with Gasteiger partial charge in [0.15, 0.2) is 10.3 Å². The van der Waals surface area contributed by atoms with Crippen LogP contribution in [0.25, 0.3) is 0 Å². The SMILES string of the molecule is Br.Br.NC(=Nc1ccc(Br)cc1)SCc1cc(Cl)c(Cl)cc1CSC(N)=Nc1ccc(Br)cc1. The summed E-state index contributed by atoms with van der Waals surface area (Å²) in [6.45, 7) is 0. The summed E-state index contributed by atoms with van der Waals surface area (Å²) in [6.07, 6.45) is 0. The Labute approximate surface area is 255 Å². The van der Waals surface area contributed by atoms with Gasteiger partial charge in [0.1, 0.15) is 0 Å². The second-order valence-corrected chi connectivity index (χ2v) is 11.1. The van der Waals surface area contributed by atoms with Gasteiger partial charge in [-0.25, -0.2) is 9.98 Å². The van der Waals surface area contributed by atoms with E-state index < -0.39 is 0 Å². The summed E-state index contributed by atoms with van der Waals surface area (Å²) in [5.41, 5.74) is 15.9. The zero-order valence-electron chi connectivity index (χ0n) is 17.4. The van der Waals surface area contributed by atoms with Crippen LogP contribution in [0.4, 0.5) is 11.4 Å². The van der Waals surface area contributed by atoms with Crippen LogP contribution in [0.15, 0.2) is 79.6 Å². The molecule has 0 heterocycles. The number of thioether (sulfide) groups is 2. The van der Waals surface area contributed by atoms with Gasteiger partial charge >= 0.3 is 0 Å². The molecule has 0 saturated carbocycles. The Morgan fingerprint density at radius 1 is 0.676 bits per heavy atom. The van der Waals surface area contributed by atoms with E-state index in [-0.39, 0.29) is 34.0 Å². The second-order valence-electron chi connectivity index (χ2n) is 6.47. The van der Waals surface area contributed by atoms with Crippen molar-refractivity contribution in [3.8, 4) is 0 Å². The van der Waals surface area contributed by atoms with Crippen molar-refractivity contribution in [2.75, 3.05) is 0 Å². The Kier molecular flexibility index (Phi) is 14.8. The number of rotatable bonds is 6. The predicted molar refractivity (Wildman–Crippen MR) is 171 cm³/mol. The summed E-state index contributed by atoms with van der Waals surface area (Å²) < 4.78 is 1.98. The quantitative estimate of drug-likeness (QED) is 0.193. The molecule has 3 rings (SSSR count). The first-order valence-electron chi connectivity index (χ1n) is 9.22. The van der Waals surface area contributed by atoms with E-state index in [4.69, 9.17) is 34.7 Å². The molecule has 0 bridgehead atoms. The van der Waals surface area contributed by atoms with E-state index >= 15 is 0 Å². The largest absolute Gasteiger partial charge is 0.378 e. The fourth-order valence-corrected chi connectivity index (χ4v) is 4.94. The van der Waals surface area contributed by atoms with Gasteiger partial charge in [-0.2, -0.15) is 0 Å². The van der Waals surface area contributed by atoms with Gasteiger partial charge in [0.25, 0.3) is 0 Å². The first kappa shape index (κ1) is 31.8. The fourth-order valence-electron chi connectivity index (χ4n) is 2.55. The Morgan fingerprint density at radius 3 is 1.32 bits per heavy atom. The van der Waals surface area contributed by atoms with Crippen LogP contribution in [0.3, 0.4) is 0 Å². The Bertz CT molecular complexity index is 1050. The van der Waals surface area contributed by atoms with Gasteiger partial charge in [-0.1, -0.05) is 78.6 Å². The molecular formula is C22H20Br4Cl2N4S2. The maximum Gasteiger partial charge on any atom is 0.159 e. The molecule has 0 radical (unpaired) electrons. The number of halogens is 6.